The van der Waals surface area contributed by atoms with Crippen LogP contribution in [-0.2, 0) is 23.7 Å². The normalized spacial score (nSPS) is 60.1. The van der Waals surface area contributed by atoms with Gasteiger partial charge in [0.15, 0.2) is 12.6 Å². The van der Waals surface area contributed by atoms with Gasteiger partial charge < -0.3 is 69.6 Å². The number of hydrogen-bond acceptors (Lipinski definition) is 14. The van der Waals surface area contributed by atoms with Crippen LogP contribution in [0.25, 0.3) is 0 Å². The summed E-state index contributed by atoms with van der Waals surface area (Å²) in [6, 6.07) is 0. The summed E-state index contributed by atoms with van der Waals surface area (Å²) in [4.78, 5) is 0. The van der Waals surface area contributed by atoms with Gasteiger partial charge in [-0.1, -0.05) is 53.7 Å². The maximum absolute atomic E-state index is 12.1. The van der Waals surface area contributed by atoms with Crippen LogP contribution in [0, 0.1) is 50.2 Å². The highest BCUT2D eigenvalue weighted by atomic mass is 16.7. The SMILES string of the molecule is CC1OC(OC2CCC3(C)C(CCC4(C)C3C=CC35OCC6(CC(O)C(C)(C)CC63)C(O)CC45C)C2(C)CO)C(O)C(OC2OC(CO)C(O)C(O)C2O)C1O. The number of ether oxygens (including phenoxy) is 5. The van der Waals surface area contributed by atoms with Crippen LogP contribution in [0.4, 0.5) is 0 Å². The lowest BCUT2D eigenvalue weighted by atomic mass is 9.32. The topological polar surface area (TPSA) is 228 Å². The number of allylic oxidation sites excluding steroid dienone is 1. The summed E-state index contributed by atoms with van der Waals surface area (Å²) in [5.74, 6) is 0.181. The predicted molar refractivity (Wildman–Crippen MR) is 198 cm³/mol. The molecule has 8 aliphatic rings. The molecule has 7 fully saturated rings. The molecule has 0 aromatic rings. The highest BCUT2D eigenvalue weighted by Gasteiger charge is 2.79. The standard InChI is InChI=1S/C42H68O14/c1-20-28(47)33(56-34-31(50)30(49)29(48)21(17-43)54-34)32(51)35(53-20)55-27-10-11-37(4)22(38(27,5)18-44)8-12-39(6)23(37)9-13-42-24-14-36(2,3)25(45)16-41(24,19-52-42)26(46)15-40(39,42)7/h9,13,20-35,43-51H,8,10-12,14-19H2,1-7H3. The van der Waals surface area contributed by atoms with Gasteiger partial charge in [-0.3, -0.25) is 0 Å². The Hall–Kier alpha value is -0.820. The molecular formula is C42H68O14. The van der Waals surface area contributed by atoms with Crippen molar-refractivity contribution in [2.24, 2.45) is 50.2 Å². The van der Waals surface area contributed by atoms with E-state index in [4.69, 9.17) is 23.7 Å². The van der Waals surface area contributed by atoms with Crippen LogP contribution in [0.1, 0.15) is 93.4 Å². The minimum atomic E-state index is -1.73. The van der Waals surface area contributed by atoms with Crippen molar-refractivity contribution in [3.8, 4) is 0 Å². The highest BCUT2D eigenvalue weighted by molar-refractivity contribution is 5.36. The van der Waals surface area contributed by atoms with Gasteiger partial charge in [0, 0.05) is 22.2 Å². The van der Waals surface area contributed by atoms with Gasteiger partial charge in [0.25, 0.3) is 0 Å². The van der Waals surface area contributed by atoms with Crippen molar-refractivity contribution in [3.05, 3.63) is 12.2 Å². The molecule has 14 heteroatoms. The molecule has 3 saturated heterocycles. The summed E-state index contributed by atoms with van der Waals surface area (Å²) < 4.78 is 31.1. The van der Waals surface area contributed by atoms with E-state index in [0.717, 1.165) is 25.7 Å². The van der Waals surface area contributed by atoms with Crippen molar-refractivity contribution in [3.63, 3.8) is 0 Å². The molecule has 0 amide bonds. The van der Waals surface area contributed by atoms with E-state index >= 15 is 0 Å². The highest BCUT2D eigenvalue weighted by Crippen LogP contribution is 2.79. The third-order valence-corrected chi connectivity index (χ3v) is 18.1. The van der Waals surface area contributed by atoms with Gasteiger partial charge in [-0.2, -0.15) is 0 Å². The number of aliphatic hydroxyl groups is 9. The Morgan fingerprint density at radius 1 is 0.714 bits per heavy atom. The van der Waals surface area contributed by atoms with E-state index in [1.807, 2.05) is 6.92 Å². The first-order valence-corrected chi connectivity index (χ1v) is 21.0. The van der Waals surface area contributed by atoms with Gasteiger partial charge in [-0.05, 0) is 80.0 Å². The Bertz CT molecular complexity index is 1530. The van der Waals surface area contributed by atoms with Crippen LogP contribution in [0.5, 0.6) is 0 Å². The third kappa shape index (κ3) is 5.37. The zero-order valence-corrected chi connectivity index (χ0v) is 34.0. The first kappa shape index (κ1) is 41.9. The summed E-state index contributed by atoms with van der Waals surface area (Å²) in [7, 11) is 0. The summed E-state index contributed by atoms with van der Waals surface area (Å²) in [5.41, 5.74) is -3.03. The van der Waals surface area contributed by atoms with E-state index in [0.29, 0.717) is 25.9 Å². The van der Waals surface area contributed by atoms with Crippen molar-refractivity contribution < 1.29 is 69.6 Å². The van der Waals surface area contributed by atoms with Crippen molar-refractivity contribution in [1.29, 1.82) is 0 Å². The number of rotatable bonds is 6. The number of fused-ring (bicyclic) bond motifs is 4. The van der Waals surface area contributed by atoms with Crippen LogP contribution in [0.15, 0.2) is 12.2 Å². The molecule has 22 unspecified atom stereocenters. The van der Waals surface area contributed by atoms with E-state index < -0.39 is 108 Å². The molecule has 0 radical (unpaired) electrons. The zero-order valence-electron chi connectivity index (χ0n) is 34.0. The molecule has 5 aliphatic carbocycles. The van der Waals surface area contributed by atoms with Crippen LogP contribution >= 0.6 is 0 Å². The zero-order chi connectivity index (χ0) is 40.8. The second-order valence-electron chi connectivity index (χ2n) is 21.0. The Balaban J connectivity index is 1.05. The van der Waals surface area contributed by atoms with Crippen LogP contribution in [0.3, 0.4) is 0 Å². The Kier molecular flexibility index (Phi) is 10.2. The van der Waals surface area contributed by atoms with Gasteiger partial charge in [0.2, 0.25) is 0 Å². The average Bonchev–Trinajstić information content (AvgIpc) is 3.41. The van der Waals surface area contributed by atoms with Gasteiger partial charge in [0.05, 0.1) is 49.8 Å². The molecule has 8 rings (SSSR count). The fourth-order valence-electron chi connectivity index (χ4n) is 14.3. The summed E-state index contributed by atoms with van der Waals surface area (Å²) in [6.45, 7) is 14.6. The lowest BCUT2D eigenvalue weighted by Crippen LogP contribution is -2.73. The van der Waals surface area contributed by atoms with Gasteiger partial charge in [-0.25, -0.2) is 0 Å². The van der Waals surface area contributed by atoms with E-state index in [9.17, 15) is 46.0 Å². The molecule has 2 bridgehead atoms. The molecule has 56 heavy (non-hydrogen) atoms. The molecule has 320 valence electrons. The summed E-state index contributed by atoms with van der Waals surface area (Å²) >= 11 is 0. The molecule has 0 aromatic heterocycles. The van der Waals surface area contributed by atoms with Crippen molar-refractivity contribution in [2.45, 2.75) is 179 Å². The van der Waals surface area contributed by atoms with E-state index in [-0.39, 0.29) is 40.6 Å². The minimum absolute atomic E-state index is 0.00453. The van der Waals surface area contributed by atoms with Gasteiger partial charge in [-0.15, -0.1) is 0 Å². The molecular weight excluding hydrogens is 728 g/mol. The fourth-order valence-corrected chi connectivity index (χ4v) is 14.3. The van der Waals surface area contributed by atoms with Crippen LogP contribution in [-0.4, -0.2) is 151 Å². The van der Waals surface area contributed by atoms with E-state index in [2.05, 4.69) is 46.8 Å². The smallest absolute Gasteiger partial charge is 0.187 e. The molecule has 22 atom stereocenters. The maximum atomic E-state index is 12.1. The largest absolute Gasteiger partial charge is 0.396 e. The number of hydrogen-bond donors (Lipinski definition) is 9. The van der Waals surface area contributed by atoms with Crippen LogP contribution < -0.4 is 0 Å². The molecule has 4 saturated carbocycles. The average molecular weight is 797 g/mol. The molecule has 3 aliphatic heterocycles. The van der Waals surface area contributed by atoms with E-state index in [1.54, 1.807) is 6.92 Å². The second-order valence-corrected chi connectivity index (χ2v) is 21.0. The first-order chi connectivity index (χ1) is 26.1. The predicted octanol–water partition coefficient (Wildman–Crippen LogP) is 0.748. The molecule has 14 nitrogen and oxygen atoms in total. The molecule has 1 spiro atoms. The first-order valence-electron chi connectivity index (χ1n) is 21.0. The molecule has 0 aromatic carbocycles. The summed E-state index contributed by atoms with van der Waals surface area (Å²) in [5, 5.41) is 98.2. The van der Waals surface area contributed by atoms with E-state index in [1.165, 1.54) is 0 Å². The molecule has 9 N–H and O–H groups in total. The monoisotopic (exact) mass is 796 g/mol. The lowest BCUT2D eigenvalue weighted by molar-refractivity contribution is -0.367. The number of aliphatic hydroxyl groups excluding tert-OH is 9. The van der Waals surface area contributed by atoms with Gasteiger partial charge >= 0.3 is 0 Å². The second kappa shape index (κ2) is 13.6. The lowest BCUT2D eigenvalue weighted by Gasteiger charge is -2.73. The fraction of sp³-hybridized carbons (Fsp3) is 0.952. The van der Waals surface area contributed by atoms with Gasteiger partial charge in [0.1, 0.15) is 42.7 Å². The third-order valence-electron chi connectivity index (χ3n) is 18.1. The summed E-state index contributed by atoms with van der Waals surface area (Å²) in [6.07, 6.45) is -6.47. The Morgan fingerprint density at radius 3 is 2.09 bits per heavy atom. The molecule has 3 heterocycles. The Labute approximate surface area is 330 Å². The maximum Gasteiger partial charge on any atom is 0.187 e. The Morgan fingerprint density at radius 2 is 1.41 bits per heavy atom. The quantitative estimate of drug-likeness (QED) is 0.134. The van der Waals surface area contributed by atoms with Crippen molar-refractivity contribution >= 4 is 0 Å². The van der Waals surface area contributed by atoms with Crippen molar-refractivity contribution in [1.82, 2.24) is 0 Å². The van der Waals surface area contributed by atoms with Crippen molar-refractivity contribution in [2.75, 3.05) is 19.8 Å². The van der Waals surface area contributed by atoms with Crippen LogP contribution in [0.2, 0.25) is 0 Å². The minimum Gasteiger partial charge on any atom is -0.396 e.